The number of hydrogen-bond donors (Lipinski definition) is 2. The molecule has 0 aliphatic carbocycles. The van der Waals surface area contributed by atoms with Gasteiger partial charge in [-0.05, 0) is 38.1 Å². The number of aryl methyl sites for hydroxylation is 1. The van der Waals surface area contributed by atoms with Gasteiger partial charge < -0.3 is 15.2 Å². The highest BCUT2D eigenvalue weighted by atomic mass is 16.5. The predicted octanol–water partition coefficient (Wildman–Crippen LogP) is 3.87. The number of rotatable bonds is 5. The molecule has 0 saturated heterocycles. The van der Waals surface area contributed by atoms with Gasteiger partial charge in [0, 0.05) is 11.3 Å². The molecule has 0 aromatic heterocycles. The lowest BCUT2D eigenvalue weighted by Crippen LogP contribution is -2.09. The average molecular weight is 285 g/mol. The molecule has 0 spiro atoms. The third-order valence-corrected chi connectivity index (χ3v) is 3.34. The Hall–Kier alpha value is -2.49. The molecular formula is C17H19NO3. The summed E-state index contributed by atoms with van der Waals surface area (Å²) < 4.78 is 5.39. The number of nitrogens with one attached hydrogen (secondary N) is 1. The number of anilines is 1. The normalized spacial score (nSPS) is 11.8. The maximum atomic E-state index is 11.0. The van der Waals surface area contributed by atoms with E-state index in [2.05, 4.69) is 11.4 Å². The van der Waals surface area contributed by atoms with Crippen molar-refractivity contribution in [3.05, 3.63) is 59.2 Å². The summed E-state index contributed by atoms with van der Waals surface area (Å²) in [6, 6.07) is 12.8. The molecule has 0 amide bonds. The highest BCUT2D eigenvalue weighted by Crippen LogP contribution is 2.28. The third kappa shape index (κ3) is 3.54. The Labute approximate surface area is 124 Å². The molecule has 0 aliphatic rings. The van der Waals surface area contributed by atoms with E-state index in [1.807, 2.05) is 32.0 Å². The van der Waals surface area contributed by atoms with Crippen molar-refractivity contribution < 1.29 is 14.6 Å². The zero-order valence-corrected chi connectivity index (χ0v) is 12.4. The zero-order chi connectivity index (χ0) is 15.4. The smallest absolute Gasteiger partial charge is 0.335 e. The molecule has 21 heavy (non-hydrogen) atoms. The Morgan fingerprint density at radius 2 is 2.00 bits per heavy atom. The summed E-state index contributed by atoms with van der Waals surface area (Å²) in [4.78, 5) is 11.0. The average Bonchev–Trinajstić information content (AvgIpc) is 2.47. The highest BCUT2D eigenvalue weighted by Gasteiger charge is 2.12. The molecule has 4 heteroatoms. The van der Waals surface area contributed by atoms with Crippen LogP contribution in [0.25, 0.3) is 0 Å². The minimum Gasteiger partial charge on any atom is -0.496 e. The first-order chi connectivity index (χ1) is 10.0. The van der Waals surface area contributed by atoms with Gasteiger partial charge in [0.25, 0.3) is 0 Å². The van der Waals surface area contributed by atoms with E-state index in [0.717, 1.165) is 22.6 Å². The van der Waals surface area contributed by atoms with Crippen molar-refractivity contribution >= 4 is 11.7 Å². The second kappa shape index (κ2) is 6.31. The Morgan fingerprint density at radius 3 is 2.67 bits per heavy atom. The standard InChI is InChI=1S/C17H19NO3/c1-11-7-8-16(21-3)15(9-11)12(2)18-14-6-4-5-13(10-14)17(19)20/h4-10,12,18H,1-3H3,(H,19,20). The molecule has 110 valence electrons. The van der Waals surface area contributed by atoms with Crippen molar-refractivity contribution in [1.82, 2.24) is 0 Å². The zero-order valence-electron chi connectivity index (χ0n) is 12.4. The summed E-state index contributed by atoms with van der Waals surface area (Å²) in [5, 5.41) is 12.3. The molecular weight excluding hydrogens is 266 g/mol. The van der Waals surface area contributed by atoms with E-state index in [0.29, 0.717) is 0 Å². The van der Waals surface area contributed by atoms with Crippen LogP contribution >= 0.6 is 0 Å². The predicted molar refractivity (Wildman–Crippen MR) is 83.2 cm³/mol. The summed E-state index contributed by atoms with van der Waals surface area (Å²) >= 11 is 0. The topological polar surface area (TPSA) is 58.6 Å². The molecule has 2 rings (SSSR count). The maximum absolute atomic E-state index is 11.0. The van der Waals surface area contributed by atoms with Gasteiger partial charge in [-0.3, -0.25) is 0 Å². The maximum Gasteiger partial charge on any atom is 0.335 e. The molecule has 4 nitrogen and oxygen atoms in total. The van der Waals surface area contributed by atoms with Crippen LogP contribution in [0.15, 0.2) is 42.5 Å². The molecule has 2 aromatic rings. The number of ether oxygens (including phenoxy) is 1. The van der Waals surface area contributed by atoms with Crippen LogP contribution in [0, 0.1) is 6.92 Å². The van der Waals surface area contributed by atoms with Crippen LogP contribution in [-0.2, 0) is 0 Å². The van der Waals surface area contributed by atoms with Gasteiger partial charge in [0.15, 0.2) is 0 Å². The molecule has 2 aromatic carbocycles. The van der Waals surface area contributed by atoms with E-state index in [1.54, 1.807) is 25.3 Å². The first kappa shape index (κ1) is 14.9. The van der Waals surface area contributed by atoms with E-state index >= 15 is 0 Å². The SMILES string of the molecule is COc1ccc(C)cc1C(C)Nc1cccc(C(=O)O)c1. The molecule has 0 saturated carbocycles. The monoisotopic (exact) mass is 285 g/mol. The molecule has 0 heterocycles. The van der Waals surface area contributed by atoms with Crippen molar-refractivity contribution in [3.8, 4) is 5.75 Å². The summed E-state index contributed by atoms with van der Waals surface area (Å²) in [7, 11) is 1.64. The van der Waals surface area contributed by atoms with E-state index in [1.165, 1.54) is 0 Å². The van der Waals surface area contributed by atoms with Crippen LogP contribution in [-0.4, -0.2) is 18.2 Å². The fourth-order valence-corrected chi connectivity index (χ4v) is 2.26. The second-order valence-corrected chi connectivity index (χ2v) is 5.00. The quantitative estimate of drug-likeness (QED) is 0.875. The summed E-state index contributed by atoms with van der Waals surface area (Å²) in [6.07, 6.45) is 0. The van der Waals surface area contributed by atoms with Crippen molar-refractivity contribution in [1.29, 1.82) is 0 Å². The minimum absolute atomic E-state index is 0.00361. The van der Waals surface area contributed by atoms with Crippen LogP contribution in [0.4, 0.5) is 5.69 Å². The van der Waals surface area contributed by atoms with Crippen molar-refractivity contribution in [2.75, 3.05) is 12.4 Å². The molecule has 1 atom stereocenters. The number of carbonyl (C=O) groups is 1. The minimum atomic E-state index is -0.931. The van der Waals surface area contributed by atoms with E-state index in [-0.39, 0.29) is 11.6 Å². The van der Waals surface area contributed by atoms with Crippen molar-refractivity contribution in [2.24, 2.45) is 0 Å². The number of carboxylic acids is 1. The number of benzene rings is 2. The summed E-state index contributed by atoms with van der Waals surface area (Å²) in [5.41, 5.74) is 3.23. The third-order valence-electron chi connectivity index (χ3n) is 3.34. The fourth-order valence-electron chi connectivity index (χ4n) is 2.26. The number of hydrogen-bond acceptors (Lipinski definition) is 3. The number of aromatic carboxylic acids is 1. The summed E-state index contributed by atoms with van der Waals surface area (Å²) in [5.74, 6) is -0.116. The van der Waals surface area contributed by atoms with Gasteiger partial charge in [-0.2, -0.15) is 0 Å². The lowest BCUT2D eigenvalue weighted by Gasteiger charge is -2.19. The lowest BCUT2D eigenvalue weighted by molar-refractivity contribution is 0.0697. The molecule has 0 fully saturated rings. The molecule has 0 aliphatic heterocycles. The largest absolute Gasteiger partial charge is 0.496 e. The van der Waals surface area contributed by atoms with E-state index in [9.17, 15) is 4.79 Å². The molecule has 2 N–H and O–H groups in total. The Kier molecular flexibility index (Phi) is 4.48. The van der Waals surface area contributed by atoms with Crippen LogP contribution in [0.2, 0.25) is 0 Å². The Balaban J connectivity index is 2.25. The lowest BCUT2D eigenvalue weighted by atomic mass is 10.0. The molecule has 0 radical (unpaired) electrons. The van der Waals surface area contributed by atoms with Crippen molar-refractivity contribution in [3.63, 3.8) is 0 Å². The van der Waals surface area contributed by atoms with E-state index in [4.69, 9.17) is 9.84 Å². The first-order valence-electron chi connectivity index (χ1n) is 6.75. The van der Waals surface area contributed by atoms with E-state index < -0.39 is 5.97 Å². The van der Waals surface area contributed by atoms with Gasteiger partial charge in [0.1, 0.15) is 5.75 Å². The number of carboxylic acid groups (broad SMARTS) is 1. The van der Waals surface area contributed by atoms with Crippen LogP contribution in [0.3, 0.4) is 0 Å². The Morgan fingerprint density at radius 1 is 1.24 bits per heavy atom. The first-order valence-corrected chi connectivity index (χ1v) is 6.75. The van der Waals surface area contributed by atoms with Gasteiger partial charge in [-0.15, -0.1) is 0 Å². The molecule has 1 unspecified atom stereocenters. The highest BCUT2D eigenvalue weighted by molar-refractivity contribution is 5.88. The second-order valence-electron chi connectivity index (χ2n) is 5.00. The van der Waals surface area contributed by atoms with Crippen LogP contribution < -0.4 is 10.1 Å². The molecule has 0 bridgehead atoms. The summed E-state index contributed by atoms with van der Waals surface area (Å²) in [6.45, 7) is 4.05. The Bertz CT molecular complexity index is 652. The van der Waals surface area contributed by atoms with Gasteiger partial charge >= 0.3 is 5.97 Å². The van der Waals surface area contributed by atoms with Gasteiger partial charge in [0.05, 0.1) is 18.7 Å². The van der Waals surface area contributed by atoms with Gasteiger partial charge in [-0.25, -0.2) is 4.79 Å². The van der Waals surface area contributed by atoms with Crippen molar-refractivity contribution in [2.45, 2.75) is 19.9 Å². The van der Waals surface area contributed by atoms with Crippen LogP contribution in [0.5, 0.6) is 5.75 Å². The van der Waals surface area contributed by atoms with Gasteiger partial charge in [-0.1, -0.05) is 23.8 Å². The van der Waals surface area contributed by atoms with Crippen LogP contribution in [0.1, 0.15) is 34.5 Å². The fraction of sp³-hybridized carbons (Fsp3) is 0.235. The van der Waals surface area contributed by atoms with Gasteiger partial charge in [0.2, 0.25) is 0 Å². The number of methoxy groups -OCH3 is 1.